The smallest absolute Gasteiger partial charge is 0.282 e. The molecular formula is C23H26BrN3O4. The molecule has 0 aliphatic rings. The summed E-state index contributed by atoms with van der Waals surface area (Å²) >= 11 is 3.43. The SMILES string of the molecule is CCOc1c(OC)cc(C=Nn2c([C@@H](C)CC)nc3ccc(Br)cc3c2=O)cc1OC. The first-order valence-corrected chi connectivity index (χ1v) is 10.9. The van der Waals surface area contributed by atoms with Gasteiger partial charge in [-0.05, 0) is 43.7 Å². The number of aromatic nitrogens is 2. The summed E-state index contributed by atoms with van der Waals surface area (Å²) in [7, 11) is 3.13. The van der Waals surface area contributed by atoms with E-state index in [-0.39, 0.29) is 11.5 Å². The van der Waals surface area contributed by atoms with Crippen LogP contribution in [0.1, 0.15) is 44.5 Å². The summed E-state index contributed by atoms with van der Waals surface area (Å²) in [5.41, 5.74) is 1.13. The van der Waals surface area contributed by atoms with Crippen LogP contribution < -0.4 is 19.8 Å². The highest BCUT2D eigenvalue weighted by atomic mass is 79.9. The van der Waals surface area contributed by atoms with Gasteiger partial charge in [-0.25, -0.2) is 4.98 Å². The molecule has 0 aliphatic heterocycles. The number of methoxy groups -OCH3 is 2. The molecule has 0 bridgehead atoms. The topological polar surface area (TPSA) is 74.9 Å². The van der Waals surface area contributed by atoms with Crippen molar-refractivity contribution in [2.45, 2.75) is 33.1 Å². The Balaban J connectivity index is 2.16. The zero-order valence-electron chi connectivity index (χ0n) is 18.3. The maximum absolute atomic E-state index is 13.2. The van der Waals surface area contributed by atoms with Crippen LogP contribution in [-0.4, -0.2) is 36.7 Å². The number of rotatable bonds is 8. The molecule has 1 aromatic heterocycles. The molecule has 0 amide bonds. The van der Waals surface area contributed by atoms with E-state index in [0.29, 0.717) is 46.1 Å². The Hall–Kier alpha value is -2.87. The van der Waals surface area contributed by atoms with E-state index in [2.05, 4.69) is 28.0 Å². The lowest BCUT2D eigenvalue weighted by Crippen LogP contribution is -2.23. The van der Waals surface area contributed by atoms with Gasteiger partial charge in [-0.1, -0.05) is 29.8 Å². The van der Waals surface area contributed by atoms with Crippen LogP contribution in [0.2, 0.25) is 0 Å². The molecule has 0 N–H and O–H groups in total. The predicted molar refractivity (Wildman–Crippen MR) is 126 cm³/mol. The molecule has 2 aromatic carbocycles. The van der Waals surface area contributed by atoms with Gasteiger partial charge in [-0.2, -0.15) is 9.78 Å². The van der Waals surface area contributed by atoms with Crippen LogP contribution in [0.5, 0.6) is 17.2 Å². The van der Waals surface area contributed by atoms with Crippen LogP contribution in [0.25, 0.3) is 10.9 Å². The molecule has 0 aliphatic carbocycles. The van der Waals surface area contributed by atoms with Crippen molar-refractivity contribution in [1.82, 2.24) is 9.66 Å². The van der Waals surface area contributed by atoms with Crippen molar-refractivity contribution in [1.29, 1.82) is 0 Å². The van der Waals surface area contributed by atoms with E-state index in [9.17, 15) is 4.79 Å². The number of nitrogens with zero attached hydrogens (tertiary/aromatic N) is 3. The molecular weight excluding hydrogens is 462 g/mol. The van der Waals surface area contributed by atoms with Crippen LogP contribution in [0.3, 0.4) is 0 Å². The van der Waals surface area contributed by atoms with Gasteiger partial charge in [0, 0.05) is 16.0 Å². The average molecular weight is 488 g/mol. The van der Waals surface area contributed by atoms with Crippen LogP contribution in [0.15, 0.2) is 44.7 Å². The zero-order chi connectivity index (χ0) is 22.5. The molecule has 8 heteroatoms. The van der Waals surface area contributed by atoms with E-state index in [1.165, 1.54) is 4.68 Å². The van der Waals surface area contributed by atoms with Crippen molar-refractivity contribution in [2.24, 2.45) is 5.10 Å². The van der Waals surface area contributed by atoms with Crippen molar-refractivity contribution < 1.29 is 14.2 Å². The second-order valence-corrected chi connectivity index (χ2v) is 7.91. The summed E-state index contributed by atoms with van der Waals surface area (Å²) in [6.45, 7) is 6.45. The van der Waals surface area contributed by atoms with Gasteiger partial charge in [0.2, 0.25) is 5.75 Å². The molecule has 31 heavy (non-hydrogen) atoms. The highest BCUT2D eigenvalue weighted by Gasteiger charge is 2.16. The van der Waals surface area contributed by atoms with Gasteiger partial charge in [0.05, 0.1) is 37.9 Å². The molecule has 0 fully saturated rings. The van der Waals surface area contributed by atoms with Gasteiger partial charge in [-0.15, -0.1) is 0 Å². The summed E-state index contributed by atoms with van der Waals surface area (Å²) in [6, 6.07) is 9.05. The summed E-state index contributed by atoms with van der Waals surface area (Å²) in [5.74, 6) is 2.25. The first-order valence-electron chi connectivity index (χ1n) is 10.1. The van der Waals surface area contributed by atoms with Crippen molar-refractivity contribution in [2.75, 3.05) is 20.8 Å². The van der Waals surface area contributed by atoms with E-state index in [0.717, 1.165) is 10.9 Å². The van der Waals surface area contributed by atoms with E-state index >= 15 is 0 Å². The number of hydrogen-bond acceptors (Lipinski definition) is 6. The fraction of sp³-hybridized carbons (Fsp3) is 0.348. The lowest BCUT2D eigenvalue weighted by molar-refractivity contribution is 0.288. The van der Waals surface area contributed by atoms with Gasteiger partial charge < -0.3 is 14.2 Å². The Labute approximate surface area is 189 Å². The fourth-order valence-electron chi connectivity index (χ4n) is 3.16. The van der Waals surface area contributed by atoms with Crippen LogP contribution >= 0.6 is 15.9 Å². The lowest BCUT2D eigenvalue weighted by Gasteiger charge is -2.15. The largest absolute Gasteiger partial charge is 0.493 e. The minimum absolute atomic E-state index is 0.0577. The standard InChI is InChI=1S/C23H26BrN3O4/c1-6-14(3)22-26-18-9-8-16(24)12-17(18)23(28)27(22)25-13-15-10-19(29-4)21(31-7-2)20(11-15)30-5/h8-14H,6-7H2,1-5H3/t14-/m0/s1. The first-order chi connectivity index (χ1) is 14.9. The van der Waals surface area contributed by atoms with Gasteiger partial charge in [0.1, 0.15) is 5.82 Å². The maximum Gasteiger partial charge on any atom is 0.282 e. The van der Waals surface area contributed by atoms with Crippen molar-refractivity contribution in [3.05, 3.63) is 56.5 Å². The van der Waals surface area contributed by atoms with E-state index in [1.54, 1.807) is 38.6 Å². The Morgan fingerprint density at radius 2 is 1.84 bits per heavy atom. The quantitative estimate of drug-likeness (QED) is 0.419. The second-order valence-electron chi connectivity index (χ2n) is 6.99. The molecule has 164 valence electrons. The second kappa shape index (κ2) is 9.96. The molecule has 3 rings (SSSR count). The molecule has 0 saturated heterocycles. The third-order valence-electron chi connectivity index (χ3n) is 4.98. The van der Waals surface area contributed by atoms with E-state index in [1.807, 2.05) is 26.0 Å². The molecule has 0 unspecified atom stereocenters. The van der Waals surface area contributed by atoms with Crippen LogP contribution in [-0.2, 0) is 0 Å². The number of halogens is 1. The summed E-state index contributed by atoms with van der Waals surface area (Å²) < 4.78 is 18.7. The lowest BCUT2D eigenvalue weighted by atomic mass is 10.1. The Morgan fingerprint density at radius 3 is 2.42 bits per heavy atom. The van der Waals surface area contributed by atoms with Crippen molar-refractivity contribution in [3.63, 3.8) is 0 Å². The van der Waals surface area contributed by atoms with Gasteiger partial charge in [0.15, 0.2) is 11.5 Å². The van der Waals surface area contributed by atoms with Gasteiger partial charge in [-0.3, -0.25) is 4.79 Å². The number of benzene rings is 2. The van der Waals surface area contributed by atoms with Gasteiger partial charge >= 0.3 is 0 Å². The highest BCUT2D eigenvalue weighted by molar-refractivity contribution is 9.10. The number of hydrogen-bond donors (Lipinski definition) is 0. The molecule has 3 aromatic rings. The van der Waals surface area contributed by atoms with E-state index < -0.39 is 0 Å². The summed E-state index contributed by atoms with van der Waals surface area (Å²) in [6.07, 6.45) is 2.42. The molecule has 0 saturated carbocycles. The van der Waals surface area contributed by atoms with E-state index in [4.69, 9.17) is 19.2 Å². The average Bonchev–Trinajstić information content (AvgIpc) is 2.78. The highest BCUT2D eigenvalue weighted by Crippen LogP contribution is 2.38. The summed E-state index contributed by atoms with van der Waals surface area (Å²) in [5, 5.41) is 5.00. The van der Waals surface area contributed by atoms with Crippen molar-refractivity contribution >= 4 is 33.0 Å². The monoisotopic (exact) mass is 487 g/mol. The van der Waals surface area contributed by atoms with Crippen LogP contribution in [0, 0.1) is 0 Å². The molecule has 0 radical (unpaired) electrons. The predicted octanol–water partition coefficient (Wildman–Crippen LogP) is 4.97. The molecule has 1 heterocycles. The Morgan fingerprint density at radius 1 is 1.16 bits per heavy atom. The normalized spacial score (nSPS) is 12.3. The maximum atomic E-state index is 13.2. The van der Waals surface area contributed by atoms with Crippen molar-refractivity contribution in [3.8, 4) is 17.2 Å². The number of fused-ring (bicyclic) bond motifs is 1. The molecule has 0 spiro atoms. The molecule has 7 nitrogen and oxygen atoms in total. The number of ether oxygens (including phenoxy) is 3. The van der Waals surface area contributed by atoms with Gasteiger partial charge in [0.25, 0.3) is 5.56 Å². The third kappa shape index (κ3) is 4.74. The summed E-state index contributed by atoms with van der Waals surface area (Å²) in [4.78, 5) is 18.0. The molecule has 1 atom stereocenters. The Kier molecular flexibility index (Phi) is 7.33. The Bertz CT molecular complexity index is 1150. The fourth-order valence-corrected chi connectivity index (χ4v) is 3.53. The first kappa shape index (κ1) is 22.8. The minimum Gasteiger partial charge on any atom is -0.493 e. The minimum atomic E-state index is -0.220. The third-order valence-corrected chi connectivity index (χ3v) is 5.47. The van der Waals surface area contributed by atoms with Crippen LogP contribution in [0.4, 0.5) is 0 Å². The zero-order valence-corrected chi connectivity index (χ0v) is 19.9.